The number of aliphatic hydroxyl groups excluding tert-OH is 2. The van der Waals surface area contributed by atoms with E-state index in [1.165, 1.54) is 0 Å². The van der Waals surface area contributed by atoms with Crippen LogP contribution in [0.25, 0.3) is 0 Å². The van der Waals surface area contributed by atoms with Crippen LogP contribution in [0.1, 0.15) is 32.1 Å². The van der Waals surface area contributed by atoms with Crippen LogP contribution in [0, 0.1) is 0 Å². The highest BCUT2D eigenvalue weighted by Gasteiger charge is 2.25. The van der Waals surface area contributed by atoms with Gasteiger partial charge in [-0.2, -0.15) is 0 Å². The molecular weight excluding hydrogens is 262 g/mol. The van der Waals surface area contributed by atoms with E-state index >= 15 is 0 Å². The third-order valence-corrected chi connectivity index (χ3v) is 4.55. The molecule has 0 aliphatic rings. The van der Waals surface area contributed by atoms with Gasteiger partial charge in [-0.25, -0.2) is 4.98 Å². The van der Waals surface area contributed by atoms with E-state index in [0.29, 0.717) is 13.0 Å². The van der Waals surface area contributed by atoms with Gasteiger partial charge in [0.05, 0.1) is 18.8 Å². The van der Waals surface area contributed by atoms with Crippen LogP contribution in [0.5, 0.6) is 0 Å². The second kappa shape index (κ2) is 7.79. The fourth-order valence-corrected chi connectivity index (χ4v) is 2.78. The minimum Gasteiger partial charge on any atom is -0.394 e. The molecule has 1 aromatic rings. The van der Waals surface area contributed by atoms with Crippen molar-refractivity contribution in [3.63, 3.8) is 0 Å². The number of hydrogen-bond acceptors (Lipinski definition) is 6. The highest BCUT2D eigenvalue weighted by molar-refractivity contribution is 7.15. The van der Waals surface area contributed by atoms with Crippen molar-refractivity contribution in [2.75, 3.05) is 31.2 Å². The minimum absolute atomic E-state index is 0.0678. The summed E-state index contributed by atoms with van der Waals surface area (Å²) < 4.78 is 0. The highest BCUT2D eigenvalue weighted by Crippen LogP contribution is 2.22. The number of rotatable bonds is 9. The van der Waals surface area contributed by atoms with E-state index in [0.717, 1.165) is 23.1 Å². The number of thiazole rings is 1. The normalized spacial score (nSPS) is 11.8. The lowest BCUT2D eigenvalue weighted by Gasteiger charge is -2.29. The predicted octanol–water partition coefficient (Wildman–Crippen LogP) is 1.21. The van der Waals surface area contributed by atoms with E-state index < -0.39 is 5.54 Å². The highest BCUT2D eigenvalue weighted by atomic mass is 32.1. The summed E-state index contributed by atoms with van der Waals surface area (Å²) in [5.74, 6) is 0. The topological polar surface area (TPSA) is 68.6 Å². The summed E-state index contributed by atoms with van der Waals surface area (Å²) in [5, 5.41) is 23.0. The van der Waals surface area contributed by atoms with Gasteiger partial charge < -0.3 is 20.4 Å². The summed E-state index contributed by atoms with van der Waals surface area (Å²) in [4.78, 5) is 7.74. The zero-order chi connectivity index (χ0) is 14.3. The Bertz CT molecular complexity index is 354. The van der Waals surface area contributed by atoms with E-state index in [1.807, 2.05) is 13.1 Å². The van der Waals surface area contributed by atoms with Crippen molar-refractivity contribution < 1.29 is 10.2 Å². The van der Waals surface area contributed by atoms with E-state index in [9.17, 15) is 10.2 Å². The first-order chi connectivity index (χ1) is 9.14. The van der Waals surface area contributed by atoms with Gasteiger partial charge >= 0.3 is 0 Å². The summed E-state index contributed by atoms with van der Waals surface area (Å²) >= 11 is 1.65. The van der Waals surface area contributed by atoms with Gasteiger partial charge in [0.1, 0.15) is 0 Å². The Labute approximate surface area is 119 Å². The van der Waals surface area contributed by atoms with Crippen molar-refractivity contribution in [3.05, 3.63) is 11.1 Å². The van der Waals surface area contributed by atoms with Gasteiger partial charge in [-0.1, -0.05) is 6.92 Å². The Morgan fingerprint density at radius 1 is 1.26 bits per heavy atom. The molecule has 3 N–H and O–H groups in total. The van der Waals surface area contributed by atoms with Crippen LogP contribution in [-0.4, -0.2) is 47.0 Å². The molecule has 6 heteroatoms. The quantitative estimate of drug-likeness (QED) is 0.637. The van der Waals surface area contributed by atoms with Crippen LogP contribution < -0.4 is 10.2 Å². The van der Waals surface area contributed by atoms with E-state index in [2.05, 4.69) is 29.0 Å². The smallest absolute Gasteiger partial charge is 0.185 e. The van der Waals surface area contributed by atoms with Gasteiger partial charge in [-0.3, -0.25) is 0 Å². The van der Waals surface area contributed by atoms with Crippen molar-refractivity contribution in [3.8, 4) is 0 Å². The summed E-state index contributed by atoms with van der Waals surface area (Å²) in [7, 11) is 0. The van der Waals surface area contributed by atoms with Gasteiger partial charge in [-0.15, -0.1) is 11.3 Å². The van der Waals surface area contributed by atoms with E-state index in [4.69, 9.17) is 0 Å². The first-order valence-electron chi connectivity index (χ1n) is 6.81. The van der Waals surface area contributed by atoms with Crippen LogP contribution >= 0.6 is 11.3 Å². The molecule has 0 aromatic carbocycles. The number of aromatic nitrogens is 1. The van der Waals surface area contributed by atoms with Gasteiger partial charge in [0.2, 0.25) is 0 Å². The molecule has 0 unspecified atom stereocenters. The first-order valence-corrected chi connectivity index (χ1v) is 7.62. The third-order valence-electron chi connectivity index (χ3n) is 3.50. The van der Waals surface area contributed by atoms with E-state index in [-0.39, 0.29) is 13.2 Å². The number of nitrogens with one attached hydrogen (secondary N) is 1. The molecule has 0 spiro atoms. The number of hydrogen-bond donors (Lipinski definition) is 3. The lowest BCUT2D eigenvalue weighted by molar-refractivity contribution is 0.0866. The second-order valence-electron chi connectivity index (χ2n) is 4.59. The molecule has 0 saturated carbocycles. The Hall–Kier alpha value is -0.690. The van der Waals surface area contributed by atoms with Gasteiger partial charge in [0.25, 0.3) is 0 Å². The molecule has 1 heterocycles. The zero-order valence-electron chi connectivity index (χ0n) is 12.0. The molecule has 0 saturated heterocycles. The maximum Gasteiger partial charge on any atom is 0.185 e. The van der Waals surface area contributed by atoms with Gasteiger partial charge in [0, 0.05) is 30.7 Å². The maximum absolute atomic E-state index is 9.38. The molecule has 5 nitrogen and oxygen atoms in total. The lowest BCUT2D eigenvalue weighted by Crippen LogP contribution is -2.50. The molecule has 0 bridgehead atoms. The Kier molecular flexibility index (Phi) is 6.71. The first kappa shape index (κ1) is 16.4. The number of nitrogens with zero attached hydrogens (tertiary/aromatic N) is 2. The Morgan fingerprint density at radius 2 is 1.89 bits per heavy atom. The molecule has 0 aliphatic carbocycles. The number of anilines is 1. The predicted molar refractivity (Wildman–Crippen MR) is 79.7 cm³/mol. The standard InChI is InChI=1S/C13H25N3O2S/c1-4-13(9-17,10-18)15-8-11-7-14-12(19-11)16(5-2)6-3/h7,15,17-18H,4-6,8-10H2,1-3H3. The van der Waals surface area contributed by atoms with Gasteiger partial charge in [-0.05, 0) is 20.3 Å². The van der Waals surface area contributed by atoms with Crippen LogP contribution in [0.3, 0.4) is 0 Å². The van der Waals surface area contributed by atoms with Crippen LogP contribution in [0.2, 0.25) is 0 Å². The molecule has 0 amide bonds. The fourth-order valence-electron chi connectivity index (χ4n) is 1.80. The van der Waals surface area contributed by atoms with Crippen LogP contribution in [-0.2, 0) is 6.54 Å². The molecule has 0 fully saturated rings. The molecule has 19 heavy (non-hydrogen) atoms. The van der Waals surface area contributed by atoms with E-state index in [1.54, 1.807) is 11.3 Å². The largest absolute Gasteiger partial charge is 0.394 e. The van der Waals surface area contributed by atoms with Crippen molar-refractivity contribution in [1.82, 2.24) is 10.3 Å². The molecular formula is C13H25N3O2S. The Morgan fingerprint density at radius 3 is 2.37 bits per heavy atom. The third kappa shape index (κ3) is 4.14. The molecule has 0 atom stereocenters. The van der Waals surface area contributed by atoms with Crippen LogP contribution in [0.15, 0.2) is 6.20 Å². The zero-order valence-corrected chi connectivity index (χ0v) is 12.8. The SMILES string of the molecule is CCN(CC)c1ncc(CNC(CC)(CO)CO)s1. The summed E-state index contributed by atoms with van der Waals surface area (Å²) in [6.45, 7) is 8.56. The van der Waals surface area contributed by atoms with Crippen molar-refractivity contribution in [1.29, 1.82) is 0 Å². The molecule has 110 valence electrons. The molecule has 0 radical (unpaired) electrons. The number of aliphatic hydroxyl groups is 2. The minimum atomic E-state index is -0.598. The van der Waals surface area contributed by atoms with Crippen molar-refractivity contribution in [2.45, 2.75) is 39.3 Å². The summed E-state index contributed by atoms with van der Waals surface area (Å²) in [6.07, 6.45) is 2.54. The monoisotopic (exact) mass is 287 g/mol. The van der Waals surface area contributed by atoms with Gasteiger partial charge in [0.15, 0.2) is 5.13 Å². The molecule has 1 rings (SSSR count). The lowest BCUT2D eigenvalue weighted by atomic mass is 9.98. The average Bonchev–Trinajstić information content (AvgIpc) is 2.91. The second-order valence-corrected chi connectivity index (χ2v) is 5.68. The summed E-state index contributed by atoms with van der Waals surface area (Å²) in [6, 6.07) is 0. The molecule has 0 aliphatic heterocycles. The maximum atomic E-state index is 9.38. The van der Waals surface area contributed by atoms with Crippen molar-refractivity contribution in [2.24, 2.45) is 0 Å². The fraction of sp³-hybridized carbons (Fsp3) is 0.769. The molecule has 1 aromatic heterocycles. The van der Waals surface area contributed by atoms with Crippen molar-refractivity contribution >= 4 is 16.5 Å². The Balaban J connectivity index is 2.63. The average molecular weight is 287 g/mol. The summed E-state index contributed by atoms with van der Waals surface area (Å²) in [5.41, 5.74) is -0.598. The van der Waals surface area contributed by atoms with Crippen LogP contribution in [0.4, 0.5) is 5.13 Å².